The topological polar surface area (TPSA) is 12.5 Å². The molecule has 1 saturated heterocycles. The van der Waals surface area contributed by atoms with Crippen LogP contribution in [0, 0.1) is 0 Å². The molecule has 1 aliphatic rings. The molecule has 0 aromatic rings. The van der Waals surface area contributed by atoms with Gasteiger partial charge < -0.3 is 4.74 Å². The summed E-state index contributed by atoms with van der Waals surface area (Å²) < 4.78 is 5.10. The fourth-order valence-corrected chi connectivity index (χ4v) is 1.67. The maximum Gasteiger partial charge on any atom is 0.0991 e. The Kier molecular flexibility index (Phi) is 7.28. The predicted molar refractivity (Wildman–Crippen MR) is 66.0 cm³/mol. The van der Waals surface area contributed by atoms with Crippen LogP contribution in [0.2, 0.25) is 0 Å². The van der Waals surface area contributed by atoms with Crippen LogP contribution in [0.15, 0.2) is 24.8 Å². The minimum atomic E-state index is 0.462. The van der Waals surface area contributed by atoms with Crippen LogP contribution in [0.4, 0.5) is 0 Å². The monoisotopic (exact) mass is 208 g/mol. The highest BCUT2D eigenvalue weighted by molar-refractivity contribution is 4.95. The van der Waals surface area contributed by atoms with Crippen LogP contribution in [0.3, 0.4) is 0 Å². The first-order valence-electron chi connectivity index (χ1n) is 6.32. The van der Waals surface area contributed by atoms with Crippen molar-refractivity contribution in [3.8, 4) is 0 Å². The minimum Gasteiger partial charge on any atom is -0.369 e. The molecule has 15 heavy (non-hydrogen) atoms. The molecule has 0 amide bonds. The number of ether oxygens (including phenoxy) is 1. The maximum atomic E-state index is 5.10. The van der Waals surface area contributed by atoms with E-state index >= 15 is 0 Å². The van der Waals surface area contributed by atoms with E-state index < -0.39 is 0 Å². The first kappa shape index (κ1) is 12.5. The molecular weight excluding hydrogens is 184 g/mol. The van der Waals surface area contributed by atoms with Gasteiger partial charge in [-0.2, -0.15) is 0 Å². The van der Waals surface area contributed by atoms with Crippen LogP contribution in [0.25, 0.3) is 0 Å². The molecule has 86 valence electrons. The van der Waals surface area contributed by atoms with Crippen molar-refractivity contribution in [2.24, 2.45) is 0 Å². The summed E-state index contributed by atoms with van der Waals surface area (Å²) in [7, 11) is 0. The van der Waals surface area contributed by atoms with Crippen molar-refractivity contribution in [2.75, 3.05) is 6.61 Å². The molecule has 0 saturated carbocycles. The van der Waals surface area contributed by atoms with Crippen LogP contribution in [-0.4, -0.2) is 12.7 Å². The van der Waals surface area contributed by atoms with Crippen LogP contribution < -0.4 is 0 Å². The van der Waals surface area contributed by atoms with Gasteiger partial charge in [0.1, 0.15) is 0 Å². The maximum absolute atomic E-state index is 5.10. The van der Waals surface area contributed by atoms with E-state index in [1.807, 2.05) is 6.08 Å². The molecule has 1 nitrogen and oxygen atoms in total. The van der Waals surface area contributed by atoms with E-state index in [2.05, 4.69) is 18.7 Å². The standard InChI is InChI=1S/C14H24O/c1-2-3-4-5-6-7-8-9-10-11-12-14-13-15-14/h2,11-12,14H,1,3-10,13H2/b12-11+. The number of unbranched alkanes of at least 4 members (excludes halogenated alkanes) is 7. The Hall–Kier alpha value is -0.560. The van der Waals surface area contributed by atoms with Gasteiger partial charge in [0.15, 0.2) is 0 Å². The van der Waals surface area contributed by atoms with Crippen molar-refractivity contribution in [1.29, 1.82) is 0 Å². The largest absolute Gasteiger partial charge is 0.369 e. The molecule has 0 aromatic heterocycles. The van der Waals surface area contributed by atoms with Gasteiger partial charge in [-0.1, -0.05) is 43.9 Å². The van der Waals surface area contributed by atoms with Crippen LogP contribution in [0.5, 0.6) is 0 Å². The second kappa shape index (κ2) is 8.72. The fraction of sp³-hybridized carbons (Fsp3) is 0.714. The lowest BCUT2D eigenvalue weighted by atomic mass is 10.1. The third-order valence-electron chi connectivity index (χ3n) is 2.74. The van der Waals surface area contributed by atoms with Crippen molar-refractivity contribution in [1.82, 2.24) is 0 Å². The molecule has 0 radical (unpaired) electrons. The Morgan fingerprint density at radius 1 is 1.00 bits per heavy atom. The van der Waals surface area contributed by atoms with Crippen LogP contribution in [-0.2, 0) is 4.74 Å². The van der Waals surface area contributed by atoms with Crippen molar-refractivity contribution in [3.63, 3.8) is 0 Å². The number of hydrogen-bond acceptors (Lipinski definition) is 1. The van der Waals surface area contributed by atoms with E-state index in [1.165, 1.54) is 51.4 Å². The molecule has 0 N–H and O–H groups in total. The van der Waals surface area contributed by atoms with Crippen molar-refractivity contribution < 1.29 is 4.74 Å². The zero-order valence-electron chi connectivity index (χ0n) is 9.79. The molecule has 1 unspecified atom stereocenters. The quantitative estimate of drug-likeness (QED) is 0.297. The number of rotatable bonds is 10. The van der Waals surface area contributed by atoms with Gasteiger partial charge in [-0.05, 0) is 25.7 Å². The summed E-state index contributed by atoms with van der Waals surface area (Å²) in [5, 5.41) is 0. The van der Waals surface area contributed by atoms with E-state index in [-0.39, 0.29) is 0 Å². The molecule has 0 bridgehead atoms. The molecule has 1 heteroatoms. The van der Waals surface area contributed by atoms with E-state index in [1.54, 1.807) is 0 Å². The summed E-state index contributed by atoms with van der Waals surface area (Å²) >= 11 is 0. The van der Waals surface area contributed by atoms with Crippen molar-refractivity contribution in [3.05, 3.63) is 24.8 Å². The third kappa shape index (κ3) is 8.44. The molecule has 0 aliphatic carbocycles. The number of epoxide rings is 1. The Labute approximate surface area is 94.2 Å². The van der Waals surface area contributed by atoms with Gasteiger partial charge in [0.05, 0.1) is 12.7 Å². The van der Waals surface area contributed by atoms with Gasteiger partial charge in [-0.3, -0.25) is 0 Å². The lowest BCUT2D eigenvalue weighted by Crippen LogP contribution is -1.80. The first-order valence-corrected chi connectivity index (χ1v) is 6.32. The molecule has 1 fully saturated rings. The second-order valence-corrected chi connectivity index (χ2v) is 4.29. The lowest BCUT2D eigenvalue weighted by molar-refractivity contribution is 0.439. The van der Waals surface area contributed by atoms with Crippen LogP contribution >= 0.6 is 0 Å². The number of allylic oxidation sites excluding steroid dienone is 2. The average Bonchev–Trinajstić information content (AvgIpc) is 3.05. The predicted octanol–water partition coefficient (Wildman–Crippen LogP) is 4.25. The van der Waals surface area contributed by atoms with Crippen molar-refractivity contribution in [2.45, 2.75) is 57.5 Å². The van der Waals surface area contributed by atoms with Gasteiger partial charge in [0, 0.05) is 0 Å². The summed E-state index contributed by atoms with van der Waals surface area (Å²) in [4.78, 5) is 0. The normalized spacial score (nSPS) is 19.6. The van der Waals surface area contributed by atoms with Gasteiger partial charge in [-0.15, -0.1) is 6.58 Å². The van der Waals surface area contributed by atoms with Gasteiger partial charge in [0.25, 0.3) is 0 Å². The minimum absolute atomic E-state index is 0.462. The van der Waals surface area contributed by atoms with Gasteiger partial charge in [0.2, 0.25) is 0 Å². The molecule has 0 aromatic carbocycles. The summed E-state index contributed by atoms with van der Waals surface area (Å²) in [5.41, 5.74) is 0. The zero-order valence-corrected chi connectivity index (χ0v) is 9.79. The Bertz CT molecular complexity index is 180. The Morgan fingerprint density at radius 3 is 2.20 bits per heavy atom. The Morgan fingerprint density at radius 2 is 1.60 bits per heavy atom. The van der Waals surface area contributed by atoms with Crippen molar-refractivity contribution >= 4 is 0 Å². The Balaban J connectivity index is 1.70. The SMILES string of the molecule is C=CCCCCCCCC/C=C/C1CO1. The molecular formula is C14H24O. The highest BCUT2D eigenvalue weighted by Crippen LogP contribution is 2.12. The van der Waals surface area contributed by atoms with Gasteiger partial charge in [-0.25, -0.2) is 0 Å². The highest BCUT2D eigenvalue weighted by Gasteiger charge is 2.17. The summed E-state index contributed by atoms with van der Waals surface area (Å²) in [6.45, 7) is 4.67. The number of hydrogen-bond donors (Lipinski definition) is 0. The fourth-order valence-electron chi connectivity index (χ4n) is 1.67. The van der Waals surface area contributed by atoms with Crippen LogP contribution in [0.1, 0.15) is 51.4 Å². The summed E-state index contributed by atoms with van der Waals surface area (Å²) in [5.74, 6) is 0. The smallest absolute Gasteiger partial charge is 0.0991 e. The van der Waals surface area contributed by atoms with E-state index in [0.717, 1.165) is 6.61 Å². The third-order valence-corrected chi connectivity index (χ3v) is 2.74. The molecule has 1 rings (SSSR count). The lowest BCUT2D eigenvalue weighted by Gasteiger charge is -1.98. The zero-order chi connectivity index (χ0) is 10.8. The average molecular weight is 208 g/mol. The molecule has 1 atom stereocenters. The summed E-state index contributed by atoms with van der Waals surface area (Å²) in [6, 6.07) is 0. The first-order chi connectivity index (χ1) is 7.43. The highest BCUT2D eigenvalue weighted by atomic mass is 16.6. The van der Waals surface area contributed by atoms with Gasteiger partial charge >= 0.3 is 0 Å². The summed E-state index contributed by atoms with van der Waals surface area (Å²) in [6.07, 6.45) is 17.6. The molecule has 1 aliphatic heterocycles. The molecule has 0 spiro atoms. The second-order valence-electron chi connectivity index (χ2n) is 4.29. The molecule has 1 heterocycles. The van der Waals surface area contributed by atoms with E-state index in [4.69, 9.17) is 4.74 Å². The van der Waals surface area contributed by atoms with E-state index in [0.29, 0.717) is 6.10 Å². The van der Waals surface area contributed by atoms with E-state index in [9.17, 15) is 0 Å².